The molecule has 6 nitrogen and oxygen atoms in total. The molecule has 1 N–H and O–H groups in total. The fourth-order valence-electron chi connectivity index (χ4n) is 2.97. The molecule has 0 saturated heterocycles. The molecule has 0 radical (unpaired) electrons. The molecular formula is C22H24Cl2N4O2S. The lowest BCUT2D eigenvalue weighted by molar-refractivity contribution is -0.118. The van der Waals surface area contributed by atoms with Gasteiger partial charge in [-0.2, -0.15) is 0 Å². The number of nitrogens with zero attached hydrogens (tertiary/aromatic N) is 3. The average molecular weight is 479 g/mol. The first kappa shape index (κ1) is 23.4. The summed E-state index contributed by atoms with van der Waals surface area (Å²) in [7, 11) is 0. The number of aryl methyl sites for hydroxylation is 2. The predicted molar refractivity (Wildman–Crippen MR) is 125 cm³/mol. The molecule has 3 aromatic rings. The zero-order valence-electron chi connectivity index (χ0n) is 17.6. The summed E-state index contributed by atoms with van der Waals surface area (Å²) in [6.07, 6.45) is 0. The lowest BCUT2D eigenvalue weighted by Crippen LogP contribution is -2.24. The van der Waals surface area contributed by atoms with Crippen molar-refractivity contribution in [2.45, 2.75) is 45.6 Å². The van der Waals surface area contributed by atoms with Crippen molar-refractivity contribution in [1.82, 2.24) is 20.1 Å². The lowest BCUT2D eigenvalue weighted by Gasteiger charge is -2.11. The van der Waals surface area contributed by atoms with Gasteiger partial charge in [-0.1, -0.05) is 47.1 Å². The van der Waals surface area contributed by atoms with Crippen LogP contribution < -0.4 is 10.1 Å². The van der Waals surface area contributed by atoms with Crippen molar-refractivity contribution in [3.63, 3.8) is 0 Å². The van der Waals surface area contributed by atoms with Gasteiger partial charge in [0, 0.05) is 23.1 Å². The van der Waals surface area contributed by atoms with E-state index in [-0.39, 0.29) is 18.3 Å². The highest BCUT2D eigenvalue weighted by atomic mass is 35.5. The van der Waals surface area contributed by atoms with E-state index in [0.29, 0.717) is 29.1 Å². The van der Waals surface area contributed by atoms with Gasteiger partial charge in [-0.05, 0) is 61.7 Å². The Hall–Kier alpha value is -2.22. The number of amides is 1. The van der Waals surface area contributed by atoms with Crippen LogP contribution in [-0.2, 0) is 24.5 Å². The van der Waals surface area contributed by atoms with Crippen LogP contribution in [0.1, 0.15) is 29.4 Å². The van der Waals surface area contributed by atoms with E-state index in [0.717, 1.165) is 27.5 Å². The summed E-state index contributed by atoms with van der Waals surface area (Å²) in [6.45, 7) is 7.32. The SMILES string of the molecule is CCn1c(COc2cc(C)c(Cl)c(C)c2)nnc1SCC(=O)NCc1ccc(Cl)cc1. The largest absolute Gasteiger partial charge is 0.486 e. The molecule has 1 aromatic heterocycles. The zero-order valence-corrected chi connectivity index (χ0v) is 19.9. The first-order valence-electron chi connectivity index (χ1n) is 9.83. The van der Waals surface area contributed by atoms with E-state index in [1.54, 1.807) is 12.1 Å². The second-order valence-corrected chi connectivity index (χ2v) is 8.75. The van der Waals surface area contributed by atoms with Crippen molar-refractivity contribution in [1.29, 1.82) is 0 Å². The van der Waals surface area contributed by atoms with Crippen LogP contribution in [0.2, 0.25) is 10.0 Å². The van der Waals surface area contributed by atoms with Gasteiger partial charge in [0.1, 0.15) is 12.4 Å². The highest BCUT2D eigenvalue weighted by Gasteiger charge is 2.14. The predicted octanol–water partition coefficient (Wildman–Crippen LogP) is 5.21. The third-order valence-corrected chi connectivity index (χ3v) is 6.44. The number of thioether (sulfide) groups is 1. The Morgan fingerprint density at radius 2 is 1.81 bits per heavy atom. The number of ether oxygens (including phenoxy) is 1. The van der Waals surface area contributed by atoms with Gasteiger partial charge in [0.2, 0.25) is 5.91 Å². The maximum Gasteiger partial charge on any atom is 0.230 e. The first-order valence-corrected chi connectivity index (χ1v) is 11.6. The van der Waals surface area contributed by atoms with Gasteiger partial charge in [0.15, 0.2) is 11.0 Å². The molecule has 9 heteroatoms. The second-order valence-electron chi connectivity index (χ2n) is 6.99. The third kappa shape index (κ3) is 6.38. The zero-order chi connectivity index (χ0) is 22.4. The molecule has 1 amide bonds. The standard InChI is InChI=1S/C22H24Cl2N4O2S/c1-4-28-19(12-30-18-9-14(2)21(24)15(3)10-18)26-27-22(28)31-13-20(29)25-11-16-5-7-17(23)8-6-16/h5-10H,4,11-13H2,1-3H3,(H,25,29). The molecule has 31 heavy (non-hydrogen) atoms. The summed E-state index contributed by atoms with van der Waals surface area (Å²) < 4.78 is 7.86. The van der Waals surface area contributed by atoms with E-state index < -0.39 is 0 Å². The summed E-state index contributed by atoms with van der Waals surface area (Å²) in [5.41, 5.74) is 2.93. The highest BCUT2D eigenvalue weighted by Crippen LogP contribution is 2.26. The summed E-state index contributed by atoms with van der Waals surface area (Å²) in [4.78, 5) is 12.2. The number of carbonyl (C=O) groups excluding carboxylic acids is 1. The number of carbonyl (C=O) groups is 1. The fraction of sp³-hybridized carbons (Fsp3) is 0.318. The Bertz CT molecular complexity index is 1030. The monoisotopic (exact) mass is 478 g/mol. The molecule has 0 aliphatic rings. The number of halogens is 2. The molecule has 0 saturated carbocycles. The Labute approximate surface area is 196 Å². The summed E-state index contributed by atoms with van der Waals surface area (Å²) in [6, 6.07) is 11.2. The quantitative estimate of drug-likeness (QED) is 0.427. The van der Waals surface area contributed by atoms with Gasteiger partial charge < -0.3 is 14.6 Å². The molecular weight excluding hydrogens is 455 g/mol. The minimum Gasteiger partial charge on any atom is -0.486 e. The molecule has 0 fully saturated rings. The molecule has 0 bridgehead atoms. The van der Waals surface area contributed by atoms with Gasteiger partial charge in [0.05, 0.1) is 5.75 Å². The number of nitrogens with one attached hydrogen (secondary N) is 1. The van der Waals surface area contributed by atoms with Crippen LogP contribution in [0.5, 0.6) is 5.75 Å². The third-order valence-electron chi connectivity index (χ3n) is 4.62. The number of aromatic nitrogens is 3. The number of benzene rings is 2. The number of hydrogen-bond acceptors (Lipinski definition) is 5. The normalized spacial score (nSPS) is 10.9. The molecule has 1 heterocycles. The Morgan fingerprint density at radius 3 is 2.45 bits per heavy atom. The van der Waals surface area contributed by atoms with Crippen LogP contribution in [0.4, 0.5) is 0 Å². The van der Waals surface area contributed by atoms with E-state index in [1.165, 1.54) is 11.8 Å². The molecule has 0 atom stereocenters. The maximum absolute atomic E-state index is 12.2. The Morgan fingerprint density at radius 1 is 1.13 bits per heavy atom. The average Bonchev–Trinajstić information content (AvgIpc) is 3.15. The molecule has 2 aromatic carbocycles. The highest BCUT2D eigenvalue weighted by molar-refractivity contribution is 7.99. The van der Waals surface area contributed by atoms with Crippen LogP contribution in [0.15, 0.2) is 41.6 Å². The maximum atomic E-state index is 12.2. The van der Waals surface area contributed by atoms with Gasteiger partial charge in [0.25, 0.3) is 0 Å². The Balaban J connectivity index is 1.54. The van der Waals surface area contributed by atoms with Crippen molar-refractivity contribution in [3.8, 4) is 5.75 Å². The smallest absolute Gasteiger partial charge is 0.230 e. The molecule has 0 aliphatic heterocycles. The van der Waals surface area contributed by atoms with Crippen LogP contribution >= 0.6 is 35.0 Å². The van der Waals surface area contributed by atoms with Crippen molar-refractivity contribution in [3.05, 3.63) is 69.0 Å². The van der Waals surface area contributed by atoms with Crippen LogP contribution in [0.3, 0.4) is 0 Å². The number of rotatable bonds is 9. The van der Waals surface area contributed by atoms with Crippen LogP contribution in [0.25, 0.3) is 0 Å². The van der Waals surface area contributed by atoms with Crippen molar-refractivity contribution in [2.75, 3.05) is 5.75 Å². The lowest BCUT2D eigenvalue weighted by atomic mass is 10.1. The number of hydrogen-bond donors (Lipinski definition) is 1. The minimum atomic E-state index is -0.0736. The summed E-state index contributed by atoms with van der Waals surface area (Å²) in [5.74, 6) is 1.62. The first-order chi connectivity index (χ1) is 14.9. The second kappa shape index (κ2) is 10.9. The van der Waals surface area contributed by atoms with Gasteiger partial charge >= 0.3 is 0 Å². The van der Waals surface area contributed by atoms with E-state index >= 15 is 0 Å². The molecule has 0 aliphatic carbocycles. The van der Waals surface area contributed by atoms with Crippen LogP contribution in [-0.4, -0.2) is 26.4 Å². The van der Waals surface area contributed by atoms with Gasteiger partial charge in [-0.15, -0.1) is 10.2 Å². The molecule has 3 rings (SSSR count). The topological polar surface area (TPSA) is 69.0 Å². The van der Waals surface area contributed by atoms with E-state index in [4.69, 9.17) is 27.9 Å². The van der Waals surface area contributed by atoms with Gasteiger partial charge in [-0.25, -0.2) is 0 Å². The summed E-state index contributed by atoms with van der Waals surface area (Å²) >= 11 is 13.4. The van der Waals surface area contributed by atoms with Crippen molar-refractivity contribution < 1.29 is 9.53 Å². The molecule has 0 spiro atoms. The molecule has 164 valence electrons. The summed E-state index contributed by atoms with van der Waals surface area (Å²) in [5, 5.41) is 13.5. The van der Waals surface area contributed by atoms with E-state index in [2.05, 4.69) is 15.5 Å². The fourth-order valence-corrected chi connectivity index (χ4v) is 4.06. The van der Waals surface area contributed by atoms with Crippen molar-refractivity contribution in [2.24, 2.45) is 0 Å². The Kier molecular flexibility index (Phi) is 8.23. The minimum absolute atomic E-state index is 0.0736. The van der Waals surface area contributed by atoms with Crippen molar-refractivity contribution >= 4 is 40.9 Å². The van der Waals surface area contributed by atoms with Gasteiger partial charge in [-0.3, -0.25) is 4.79 Å². The van der Waals surface area contributed by atoms with Crippen LogP contribution in [0, 0.1) is 13.8 Å². The van der Waals surface area contributed by atoms with E-state index in [1.807, 2.05) is 49.6 Å². The molecule has 0 unspecified atom stereocenters. The van der Waals surface area contributed by atoms with E-state index in [9.17, 15) is 4.79 Å².